The molecule has 8 heteroatoms. The molecule has 0 saturated carbocycles. The number of carbonyl (C=O) groups is 1. The molecule has 17 heavy (non-hydrogen) atoms. The van der Waals surface area contributed by atoms with Gasteiger partial charge in [-0.25, -0.2) is 4.79 Å². The number of carbonyl (C=O) groups excluding carboxylic acids is 1. The van der Waals surface area contributed by atoms with Gasteiger partial charge in [-0.1, -0.05) is 0 Å². The zero-order valence-electron chi connectivity index (χ0n) is 8.47. The Labute approximate surface area is 104 Å². The maximum atomic E-state index is 10.9. The van der Waals surface area contributed by atoms with Gasteiger partial charge in [-0.3, -0.25) is 10.1 Å². The van der Waals surface area contributed by atoms with Crippen molar-refractivity contribution in [1.29, 1.82) is 5.26 Å². The van der Waals surface area contributed by atoms with E-state index < -0.39 is 16.8 Å². The van der Waals surface area contributed by atoms with E-state index in [2.05, 4.69) is 25.4 Å². The monoisotopic (exact) mass is 300 g/mol. The maximum absolute atomic E-state index is 10.9. The van der Waals surface area contributed by atoms with Gasteiger partial charge in [0.15, 0.2) is 0 Å². The fraction of sp³-hybridized carbons (Fsp3) is 0.111. The van der Waals surface area contributed by atoms with Crippen molar-refractivity contribution in [2.45, 2.75) is 0 Å². The third-order valence-corrected chi connectivity index (χ3v) is 2.53. The summed E-state index contributed by atoms with van der Waals surface area (Å²) >= 11 is 2.96. The first kappa shape index (κ1) is 12.9. The Hall–Kier alpha value is -2.14. The van der Waals surface area contributed by atoms with Gasteiger partial charge in [-0.15, -0.1) is 0 Å². The number of methoxy groups -OCH3 is 1. The summed E-state index contributed by atoms with van der Waals surface area (Å²) in [5.74, 6) is -0.360. The molecule has 1 aromatic rings. The molecule has 0 radical (unpaired) electrons. The summed E-state index contributed by atoms with van der Waals surface area (Å²) in [5.41, 5.74) is -0.337. The Morgan fingerprint density at radius 2 is 2.24 bits per heavy atom. The molecule has 88 valence electrons. The number of nitrogens with zero attached hydrogens (tertiary/aromatic N) is 2. The topological polar surface area (TPSA) is 102 Å². The summed E-state index contributed by atoms with van der Waals surface area (Å²) in [4.78, 5) is 20.9. The zero-order chi connectivity index (χ0) is 13.0. The van der Waals surface area contributed by atoms with E-state index in [1.807, 2.05) is 0 Å². The molecule has 0 amide bonds. The van der Waals surface area contributed by atoms with Gasteiger partial charge >= 0.3 is 11.8 Å². The highest BCUT2D eigenvalue weighted by Crippen LogP contribution is 2.37. The van der Waals surface area contributed by atoms with Crippen LogP contribution in [-0.2, 0) is 4.74 Å². The minimum atomic E-state index is -1.11. The molecule has 1 aromatic carbocycles. The van der Waals surface area contributed by atoms with Crippen molar-refractivity contribution in [3.63, 3.8) is 0 Å². The Balaban J connectivity index is 3.36. The van der Waals surface area contributed by atoms with E-state index >= 15 is 0 Å². The molecule has 0 aliphatic rings. The van der Waals surface area contributed by atoms with Crippen molar-refractivity contribution < 1.29 is 19.2 Å². The summed E-state index contributed by atoms with van der Waals surface area (Å²) < 4.78 is 8.89. The molecule has 0 aliphatic carbocycles. The van der Waals surface area contributed by atoms with Crippen LogP contribution in [0.3, 0.4) is 0 Å². The number of hydrogen-bond acceptors (Lipinski definition) is 6. The van der Waals surface area contributed by atoms with Crippen molar-refractivity contribution in [2.75, 3.05) is 7.11 Å². The number of rotatable bonds is 2. The largest absolute Gasteiger partial charge is 0.513 e. The van der Waals surface area contributed by atoms with E-state index in [0.29, 0.717) is 0 Å². The van der Waals surface area contributed by atoms with Gasteiger partial charge in [0, 0.05) is 6.07 Å². The fourth-order valence-corrected chi connectivity index (χ4v) is 1.50. The van der Waals surface area contributed by atoms with Crippen molar-refractivity contribution >= 4 is 27.8 Å². The number of ether oxygens (including phenoxy) is 2. The predicted octanol–water partition coefficient (Wildman–Crippen LogP) is 2.37. The average Bonchev–Trinajstić information content (AvgIpc) is 2.30. The minimum absolute atomic E-state index is 0.0274. The molecule has 0 saturated heterocycles. The third kappa shape index (κ3) is 2.70. The molecule has 7 nitrogen and oxygen atoms in total. The first-order chi connectivity index (χ1) is 8.01. The van der Waals surface area contributed by atoms with Crippen LogP contribution in [-0.4, -0.2) is 18.2 Å². The van der Waals surface area contributed by atoms with E-state index in [1.165, 1.54) is 6.07 Å². The van der Waals surface area contributed by atoms with Crippen molar-refractivity contribution in [1.82, 2.24) is 0 Å². The van der Waals surface area contributed by atoms with E-state index in [9.17, 15) is 14.9 Å². The highest BCUT2D eigenvalue weighted by molar-refractivity contribution is 9.10. The van der Waals surface area contributed by atoms with Crippen molar-refractivity contribution in [2.24, 2.45) is 0 Å². The maximum Gasteiger partial charge on any atom is 0.513 e. The highest BCUT2D eigenvalue weighted by Gasteiger charge is 2.23. The Morgan fingerprint density at radius 1 is 1.59 bits per heavy atom. The van der Waals surface area contributed by atoms with Crippen LogP contribution in [0.25, 0.3) is 0 Å². The molecule has 0 N–H and O–H groups in total. The second-order valence-electron chi connectivity index (χ2n) is 2.70. The lowest BCUT2D eigenvalue weighted by Gasteiger charge is -2.06. The lowest BCUT2D eigenvalue weighted by Crippen LogP contribution is -2.09. The summed E-state index contributed by atoms with van der Waals surface area (Å²) in [6, 6.07) is 4.10. The number of nitro groups is 1. The zero-order valence-corrected chi connectivity index (χ0v) is 10.1. The van der Waals surface area contributed by atoms with Crippen LogP contribution in [0.15, 0.2) is 16.6 Å². The molecule has 0 aliphatic heterocycles. The van der Waals surface area contributed by atoms with E-state index in [1.54, 1.807) is 6.07 Å². The minimum Gasteiger partial charge on any atom is -0.437 e. The van der Waals surface area contributed by atoms with Crippen LogP contribution in [0.5, 0.6) is 5.75 Å². The van der Waals surface area contributed by atoms with Gasteiger partial charge in [-0.05, 0) is 22.0 Å². The van der Waals surface area contributed by atoms with E-state index in [0.717, 1.165) is 13.2 Å². The number of benzene rings is 1. The number of nitro benzene ring substituents is 1. The molecule has 1 rings (SSSR count). The average molecular weight is 301 g/mol. The lowest BCUT2D eigenvalue weighted by molar-refractivity contribution is -0.385. The Kier molecular flexibility index (Phi) is 4.01. The smallest absolute Gasteiger partial charge is 0.437 e. The quantitative estimate of drug-likeness (QED) is 0.359. The van der Waals surface area contributed by atoms with Gasteiger partial charge in [0.1, 0.15) is 6.07 Å². The van der Waals surface area contributed by atoms with Crippen LogP contribution < -0.4 is 4.74 Å². The number of hydrogen-bond donors (Lipinski definition) is 0. The second-order valence-corrected chi connectivity index (χ2v) is 3.49. The molecule has 0 fully saturated rings. The van der Waals surface area contributed by atoms with Crippen molar-refractivity contribution in [3.05, 3.63) is 32.3 Å². The van der Waals surface area contributed by atoms with Crippen LogP contribution in [0.1, 0.15) is 5.56 Å². The lowest BCUT2D eigenvalue weighted by atomic mass is 10.2. The van der Waals surface area contributed by atoms with Crippen LogP contribution in [0.2, 0.25) is 0 Å². The standard InChI is InChI=1S/C9H5BrN2O5/c1-16-9(13)17-8-6(12(14)15)3-2-5(4-11)7(8)10/h2-3H,1H3. The number of nitriles is 1. The highest BCUT2D eigenvalue weighted by atomic mass is 79.9. The Bertz CT molecular complexity index is 523. The second kappa shape index (κ2) is 5.27. The van der Waals surface area contributed by atoms with Gasteiger partial charge in [0.2, 0.25) is 5.75 Å². The summed E-state index contributed by atoms with van der Waals surface area (Å²) in [6.45, 7) is 0. The van der Waals surface area contributed by atoms with Gasteiger partial charge < -0.3 is 9.47 Å². The van der Waals surface area contributed by atoms with Crippen LogP contribution in [0.4, 0.5) is 10.5 Å². The molecule has 0 heterocycles. The molecular formula is C9H5BrN2O5. The van der Waals surface area contributed by atoms with Crippen molar-refractivity contribution in [3.8, 4) is 11.8 Å². The normalized spacial score (nSPS) is 9.24. The predicted molar refractivity (Wildman–Crippen MR) is 58.5 cm³/mol. The Morgan fingerprint density at radius 3 is 2.71 bits per heavy atom. The molecule has 0 bridgehead atoms. The molecular weight excluding hydrogens is 296 g/mol. The molecule has 0 aromatic heterocycles. The van der Waals surface area contributed by atoms with Gasteiger partial charge in [-0.2, -0.15) is 5.26 Å². The first-order valence-electron chi connectivity index (χ1n) is 4.14. The van der Waals surface area contributed by atoms with Crippen LogP contribution >= 0.6 is 15.9 Å². The van der Waals surface area contributed by atoms with E-state index in [4.69, 9.17) is 5.26 Å². The van der Waals surface area contributed by atoms with Gasteiger partial charge in [0.05, 0.1) is 22.1 Å². The number of halogens is 1. The van der Waals surface area contributed by atoms with Gasteiger partial charge in [0.25, 0.3) is 0 Å². The summed E-state index contributed by atoms with van der Waals surface area (Å²) in [5, 5.41) is 19.5. The van der Waals surface area contributed by atoms with E-state index in [-0.39, 0.29) is 15.8 Å². The van der Waals surface area contributed by atoms with Crippen LogP contribution in [0, 0.1) is 21.4 Å². The SMILES string of the molecule is COC(=O)Oc1c([N+](=O)[O-])ccc(C#N)c1Br. The molecule has 0 spiro atoms. The first-order valence-corrected chi connectivity index (χ1v) is 4.93. The molecule has 0 atom stereocenters. The summed E-state index contributed by atoms with van der Waals surface area (Å²) in [6.07, 6.45) is -1.11. The molecule has 0 unspecified atom stereocenters. The third-order valence-electron chi connectivity index (χ3n) is 1.75. The fourth-order valence-electron chi connectivity index (χ4n) is 0.998. The summed E-state index contributed by atoms with van der Waals surface area (Å²) in [7, 11) is 1.07.